The van der Waals surface area contributed by atoms with Gasteiger partial charge in [-0.15, -0.1) is 22.7 Å². The molecule has 0 spiro atoms. The molecular formula is C12H9NS2. The van der Waals surface area contributed by atoms with Gasteiger partial charge in [0.1, 0.15) is 5.01 Å². The van der Waals surface area contributed by atoms with Crippen LogP contribution in [-0.4, -0.2) is 4.98 Å². The zero-order valence-electron chi connectivity index (χ0n) is 8.23. The second kappa shape index (κ2) is 3.43. The molecule has 0 aliphatic heterocycles. The minimum absolute atomic E-state index is 1.10. The van der Waals surface area contributed by atoms with E-state index in [2.05, 4.69) is 41.6 Å². The number of benzene rings is 1. The van der Waals surface area contributed by atoms with Crippen LogP contribution in [0.1, 0.15) is 4.88 Å². The average Bonchev–Trinajstić information content (AvgIpc) is 2.82. The molecule has 0 amide bonds. The van der Waals surface area contributed by atoms with Crippen LogP contribution in [0, 0.1) is 6.92 Å². The van der Waals surface area contributed by atoms with Crippen molar-refractivity contribution in [1.29, 1.82) is 0 Å². The summed E-state index contributed by atoms with van der Waals surface area (Å²) in [6, 6.07) is 10.5. The van der Waals surface area contributed by atoms with Gasteiger partial charge >= 0.3 is 0 Å². The second-order valence-electron chi connectivity index (χ2n) is 3.43. The lowest BCUT2D eigenvalue weighted by Gasteiger charge is -1.85. The van der Waals surface area contributed by atoms with Crippen molar-refractivity contribution >= 4 is 32.9 Å². The van der Waals surface area contributed by atoms with Crippen LogP contribution in [0.25, 0.3) is 20.8 Å². The van der Waals surface area contributed by atoms with Gasteiger partial charge < -0.3 is 0 Å². The lowest BCUT2D eigenvalue weighted by molar-refractivity contribution is 1.48. The first kappa shape index (κ1) is 9.07. The minimum atomic E-state index is 1.10. The maximum absolute atomic E-state index is 4.62. The Bertz CT molecular complexity index is 574. The summed E-state index contributed by atoms with van der Waals surface area (Å²) in [5.74, 6) is 0. The van der Waals surface area contributed by atoms with E-state index < -0.39 is 0 Å². The van der Waals surface area contributed by atoms with Crippen LogP contribution in [0.2, 0.25) is 0 Å². The molecule has 1 aromatic carbocycles. The van der Waals surface area contributed by atoms with Gasteiger partial charge in [-0.3, -0.25) is 0 Å². The molecule has 15 heavy (non-hydrogen) atoms. The quantitative estimate of drug-likeness (QED) is 0.607. The molecule has 0 radical (unpaired) electrons. The summed E-state index contributed by atoms with van der Waals surface area (Å²) < 4.78 is 1.26. The van der Waals surface area contributed by atoms with E-state index in [4.69, 9.17) is 0 Å². The normalized spacial score (nSPS) is 11.0. The summed E-state index contributed by atoms with van der Waals surface area (Å²) in [7, 11) is 0. The van der Waals surface area contributed by atoms with Gasteiger partial charge in [0.2, 0.25) is 0 Å². The van der Waals surface area contributed by atoms with E-state index in [1.807, 2.05) is 6.07 Å². The molecule has 1 nitrogen and oxygen atoms in total. The first-order valence-corrected chi connectivity index (χ1v) is 6.43. The molecule has 0 aliphatic rings. The molecule has 0 N–H and O–H groups in total. The van der Waals surface area contributed by atoms with Gasteiger partial charge in [-0.25, -0.2) is 4.98 Å². The van der Waals surface area contributed by atoms with Crippen molar-refractivity contribution in [3.63, 3.8) is 0 Å². The highest BCUT2D eigenvalue weighted by molar-refractivity contribution is 7.22. The number of aromatic nitrogens is 1. The van der Waals surface area contributed by atoms with Crippen molar-refractivity contribution in [3.8, 4) is 10.6 Å². The summed E-state index contributed by atoms with van der Waals surface area (Å²) in [4.78, 5) is 5.96. The molecule has 2 aromatic heterocycles. The van der Waals surface area contributed by atoms with Crippen LogP contribution in [0.5, 0.6) is 0 Å². The zero-order valence-corrected chi connectivity index (χ0v) is 9.86. The number of fused-ring (bicyclic) bond motifs is 1. The van der Waals surface area contributed by atoms with Gasteiger partial charge in [0.05, 0.1) is 10.2 Å². The number of thiazole rings is 1. The monoisotopic (exact) mass is 231 g/mol. The number of rotatable bonds is 1. The van der Waals surface area contributed by atoms with E-state index in [0.29, 0.717) is 0 Å². The molecule has 3 rings (SSSR count). The largest absolute Gasteiger partial charge is 0.236 e. The van der Waals surface area contributed by atoms with Crippen LogP contribution < -0.4 is 0 Å². The first-order valence-electron chi connectivity index (χ1n) is 4.74. The third kappa shape index (κ3) is 1.58. The molecular weight excluding hydrogens is 222 g/mol. The third-order valence-corrected chi connectivity index (χ3v) is 4.22. The molecule has 74 valence electrons. The number of thiophene rings is 1. The van der Waals surface area contributed by atoms with Gasteiger partial charge in [-0.1, -0.05) is 12.1 Å². The van der Waals surface area contributed by atoms with Crippen molar-refractivity contribution in [2.45, 2.75) is 6.92 Å². The molecule has 2 heterocycles. The molecule has 3 heteroatoms. The number of hydrogen-bond donors (Lipinski definition) is 0. The molecule has 0 fully saturated rings. The highest BCUT2D eigenvalue weighted by Crippen LogP contribution is 2.32. The standard InChI is InChI=1S/C12H9NS2/c1-8-6-9(7-14-8)12-13-10-4-2-3-5-11(10)15-12/h2-7H,1H3. The Morgan fingerprint density at radius 2 is 2.07 bits per heavy atom. The Kier molecular flexibility index (Phi) is 2.08. The highest BCUT2D eigenvalue weighted by Gasteiger charge is 2.06. The second-order valence-corrected chi connectivity index (χ2v) is 5.58. The third-order valence-electron chi connectivity index (χ3n) is 2.27. The van der Waals surface area contributed by atoms with Crippen molar-refractivity contribution in [2.24, 2.45) is 0 Å². The fourth-order valence-electron chi connectivity index (χ4n) is 1.55. The Morgan fingerprint density at radius 3 is 2.80 bits per heavy atom. The summed E-state index contributed by atoms with van der Waals surface area (Å²) in [5, 5.41) is 3.30. The van der Waals surface area contributed by atoms with Gasteiger partial charge in [-0.05, 0) is 25.1 Å². The van der Waals surface area contributed by atoms with Gasteiger partial charge in [0.25, 0.3) is 0 Å². The molecule has 0 bridgehead atoms. The maximum atomic E-state index is 4.62. The molecule has 0 aliphatic carbocycles. The van der Waals surface area contributed by atoms with Gasteiger partial charge in [0.15, 0.2) is 0 Å². The maximum Gasteiger partial charge on any atom is 0.125 e. The van der Waals surface area contributed by atoms with E-state index in [9.17, 15) is 0 Å². The van der Waals surface area contributed by atoms with Crippen LogP contribution in [0.15, 0.2) is 35.7 Å². The van der Waals surface area contributed by atoms with E-state index >= 15 is 0 Å². The summed E-state index contributed by atoms with van der Waals surface area (Å²) >= 11 is 3.54. The Morgan fingerprint density at radius 1 is 1.20 bits per heavy atom. The van der Waals surface area contributed by atoms with Gasteiger partial charge in [-0.2, -0.15) is 0 Å². The SMILES string of the molecule is Cc1cc(-c2nc3ccccc3s2)cs1. The molecule has 3 aromatic rings. The number of aryl methyl sites for hydroxylation is 1. The summed E-state index contributed by atoms with van der Waals surface area (Å²) in [6.07, 6.45) is 0. The predicted molar refractivity (Wildman–Crippen MR) is 67.7 cm³/mol. The smallest absolute Gasteiger partial charge is 0.125 e. The predicted octanol–water partition coefficient (Wildman–Crippen LogP) is 4.33. The molecule has 0 saturated heterocycles. The number of hydrogen-bond acceptors (Lipinski definition) is 3. The van der Waals surface area contributed by atoms with Crippen molar-refractivity contribution in [2.75, 3.05) is 0 Å². The fraction of sp³-hybridized carbons (Fsp3) is 0.0833. The highest BCUT2D eigenvalue weighted by atomic mass is 32.1. The van der Waals surface area contributed by atoms with Crippen molar-refractivity contribution < 1.29 is 0 Å². The average molecular weight is 231 g/mol. The zero-order chi connectivity index (χ0) is 10.3. The van der Waals surface area contributed by atoms with Crippen LogP contribution >= 0.6 is 22.7 Å². The number of para-hydroxylation sites is 1. The lowest BCUT2D eigenvalue weighted by atomic mass is 10.3. The van der Waals surface area contributed by atoms with Crippen LogP contribution in [0.3, 0.4) is 0 Å². The Labute approximate surface area is 96.0 Å². The Hall–Kier alpha value is -1.19. The van der Waals surface area contributed by atoms with E-state index in [0.717, 1.165) is 10.5 Å². The van der Waals surface area contributed by atoms with E-state index in [1.165, 1.54) is 15.1 Å². The topological polar surface area (TPSA) is 12.9 Å². The van der Waals surface area contributed by atoms with Crippen molar-refractivity contribution in [3.05, 3.63) is 40.6 Å². The summed E-state index contributed by atoms with van der Waals surface area (Å²) in [6.45, 7) is 2.13. The van der Waals surface area contributed by atoms with Gasteiger partial charge in [0, 0.05) is 15.8 Å². The Balaban J connectivity index is 2.19. The summed E-state index contributed by atoms with van der Waals surface area (Å²) in [5.41, 5.74) is 2.35. The molecule has 0 unspecified atom stereocenters. The lowest BCUT2D eigenvalue weighted by Crippen LogP contribution is -1.69. The first-order chi connectivity index (χ1) is 7.33. The number of nitrogens with zero attached hydrogens (tertiary/aromatic N) is 1. The fourth-order valence-corrected chi connectivity index (χ4v) is 3.27. The molecule has 0 saturated carbocycles. The van der Waals surface area contributed by atoms with Crippen molar-refractivity contribution in [1.82, 2.24) is 4.98 Å². The molecule has 0 atom stereocenters. The van der Waals surface area contributed by atoms with E-state index in [-0.39, 0.29) is 0 Å². The van der Waals surface area contributed by atoms with Crippen LogP contribution in [-0.2, 0) is 0 Å². The minimum Gasteiger partial charge on any atom is -0.236 e. The van der Waals surface area contributed by atoms with Crippen LogP contribution in [0.4, 0.5) is 0 Å². The van der Waals surface area contributed by atoms with E-state index in [1.54, 1.807) is 22.7 Å².